The molecular formula is C10H17NO3. The first-order chi connectivity index (χ1) is 6.81. The second-order valence-electron chi connectivity index (χ2n) is 3.99. The Morgan fingerprint density at radius 2 is 2.00 bits per heavy atom. The SMILES string of the molecule is COC(=O)[C@H]1C[C@H](N2CCOCC2)C1. The summed E-state index contributed by atoms with van der Waals surface area (Å²) >= 11 is 0. The Morgan fingerprint density at radius 3 is 2.57 bits per heavy atom. The molecule has 0 bridgehead atoms. The van der Waals surface area contributed by atoms with E-state index in [9.17, 15) is 4.79 Å². The van der Waals surface area contributed by atoms with Crippen LogP contribution in [0.15, 0.2) is 0 Å². The molecule has 2 fully saturated rings. The lowest BCUT2D eigenvalue weighted by atomic mass is 9.79. The van der Waals surface area contributed by atoms with Gasteiger partial charge in [-0.1, -0.05) is 0 Å². The van der Waals surface area contributed by atoms with Crippen molar-refractivity contribution >= 4 is 5.97 Å². The Bertz CT molecular complexity index is 207. The molecule has 2 rings (SSSR count). The number of methoxy groups -OCH3 is 1. The third-order valence-electron chi connectivity index (χ3n) is 3.21. The summed E-state index contributed by atoms with van der Waals surface area (Å²) in [6.07, 6.45) is 1.93. The number of carbonyl (C=O) groups is 1. The van der Waals surface area contributed by atoms with Gasteiger partial charge < -0.3 is 9.47 Å². The van der Waals surface area contributed by atoms with Crippen molar-refractivity contribution in [3.8, 4) is 0 Å². The van der Waals surface area contributed by atoms with Crippen molar-refractivity contribution in [3.63, 3.8) is 0 Å². The Morgan fingerprint density at radius 1 is 1.36 bits per heavy atom. The van der Waals surface area contributed by atoms with Crippen LogP contribution in [-0.4, -0.2) is 50.3 Å². The van der Waals surface area contributed by atoms with Crippen LogP contribution in [0.2, 0.25) is 0 Å². The van der Waals surface area contributed by atoms with Crippen LogP contribution in [0.4, 0.5) is 0 Å². The highest BCUT2D eigenvalue weighted by Gasteiger charge is 2.38. The molecule has 0 N–H and O–H groups in total. The van der Waals surface area contributed by atoms with Gasteiger partial charge in [-0.2, -0.15) is 0 Å². The molecule has 14 heavy (non-hydrogen) atoms. The number of carbonyl (C=O) groups excluding carboxylic acids is 1. The molecule has 0 aromatic rings. The summed E-state index contributed by atoms with van der Waals surface area (Å²) in [7, 11) is 1.46. The van der Waals surface area contributed by atoms with Crippen molar-refractivity contribution in [1.29, 1.82) is 0 Å². The summed E-state index contributed by atoms with van der Waals surface area (Å²) in [6.45, 7) is 3.69. The minimum atomic E-state index is -0.0468. The average Bonchev–Trinajstić information content (AvgIpc) is 2.17. The monoisotopic (exact) mass is 199 g/mol. The molecule has 0 amide bonds. The molecule has 1 aliphatic heterocycles. The fourth-order valence-electron chi connectivity index (χ4n) is 2.19. The molecular weight excluding hydrogens is 182 g/mol. The zero-order chi connectivity index (χ0) is 9.97. The van der Waals surface area contributed by atoms with E-state index in [2.05, 4.69) is 4.90 Å². The average molecular weight is 199 g/mol. The van der Waals surface area contributed by atoms with Crippen molar-refractivity contribution in [2.75, 3.05) is 33.4 Å². The molecule has 0 atom stereocenters. The highest BCUT2D eigenvalue weighted by molar-refractivity contribution is 5.73. The van der Waals surface area contributed by atoms with Crippen molar-refractivity contribution in [2.45, 2.75) is 18.9 Å². The van der Waals surface area contributed by atoms with Crippen molar-refractivity contribution in [3.05, 3.63) is 0 Å². The van der Waals surface area contributed by atoms with Gasteiger partial charge in [-0.25, -0.2) is 0 Å². The molecule has 2 aliphatic rings. The smallest absolute Gasteiger partial charge is 0.308 e. The van der Waals surface area contributed by atoms with Gasteiger partial charge in [0.05, 0.1) is 26.2 Å². The second-order valence-corrected chi connectivity index (χ2v) is 3.99. The fraction of sp³-hybridized carbons (Fsp3) is 0.900. The van der Waals surface area contributed by atoms with Crippen molar-refractivity contribution in [2.24, 2.45) is 5.92 Å². The van der Waals surface area contributed by atoms with E-state index in [-0.39, 0.29) is 11.9 Å². The molecule has 4 heteroatoms. The van der Waals surface area contributed by atoms with Gasteiger partial charge in [0, 0.05) is 19.1 Å². The lowest BCUT2D eigenvalue weighted by Gasteiger charge is -2.43. The van der Waals surface area contributed by atoms with Crippen LogP contribution in [0.5, 0.6) is 0 Å². The normalized spacial score (nSPS) is 33.5. The van der Waals surface area contributed by atoms with Gasteiger partial charge in [0.25, 0.3) is 0 Å². The zero-order valence-electron chi connectivity index (χ0n) is 8.57. The predicted molar refractivity (Wildman–Crippen MR) is 50.9 cm³/mol. The fourth-order valence-corrected chi connectivity index (χ4v) is 2.19. The molecule has 0 radical (unpaired) electrons. The van der Waals surface area contributed by atoms with Crippen molar-refractivity contribution in [1.82, 2.24) is 4.90 Å². The first-order valence-electron chi connectivity index (χ1n) is 5.21. The van der Waals surface area contributed by atoms with E-state index < -0.39 is 0 Å². The van der Waals surface area contributed by atoms with Crippen LogP contribution in [0.1, 0.15) is 12.8 Å². The Balaban J connectivity index is 1.73. The van der Waals surface area contributed by atoms with Gasteiger partial charge in [-0.3, -0.25) is 9.69 Å². The number of morpholine rings is 1. The zero-order valence-corrected chi connectivity index (χ0v) is 8.57. The van der Waals surface area contributed by atoms with Crippen LogP contribution in [0, 0.1) is 5.92 Å². The van der Waals surface area contributed by atoms with Crippen LogP contribution >= 0.6 is 0 Å². The Labute approximate surface area is 84.2 Å². The van der Waals surface area contributed by atoms with Gasteiger partial charge in [0.15, 0.2) is 0 Å². The quantitative estimate of drug-likeness (QED) is 0.598. The van der Waals surface area contributed by atoms with Gasteiger partial charge in [0.2, 0.25) is 0 Å². The number of rotatable bonds is 2. The molecule has 1 saturated heterocycles. The first-order valence-corrected chi connectivity index (χ1v) is 5.21. The van der Waals surface area contributed by atoms with E-state index in [0.29, 0.717) is 6.04 Å². The van der Waals surface area contributed by atoms with Crippen LogP contribution in [-0.2, 0) is 14.3 Å². The van der Waals surface area contributed by atoms with Crippen LogP contribution in [0.25, 0.3) is 0 Å². The molecule has 4 nitrogen and oxygen atoms in total. The molecule has 0 aromatic carbocycles. The van der Waals surface area contributed by atoms with E-state index in [4.69, 9.17) is 9.47 Å². The summed E-state index contributed by atoms with van der Waals surface area (Å²) in [4.78, 5) is 13.6. The maximum atomic E-state index is 11.2. The molecule has 0 aromatic heterocycles. The summed E-state index contributed by atoms with van der Waals surface area (Å²) < 4.78 is 9.99. The highest BCUT2D eigenvalue weighted by Crippen LogP contribution is 2.32. The van der Waals surface area contributed by atoms with E-state index in [0.717, 1.165) is 39.1 Å². The van der Waals surface area contributed by atoms with E-state index >= 15 is 0 Å². The molecule has 1 saturated carbocycles. The van der Waals surface area contributed by atoms with Gasteiger partial charge in [-0.05, 0) is 12.8 Å². The molecule has 0 unspecified atom stereocenters. The number of esters is 1. The molecule has 1 heterocycles. The predicted octanol–water partition coefficient (Wildman–Crippen LogP) is 0.270. The summed E-state index contributed by atoms with van der Waals surface area (Å²) in [5.74, 6) is 0.0994. The summed E-state index contributed by atoms with van der Waals surface area (Å²) in [5, 5.41) is 0. The van der Waals surface area contributed by atoms with E-state index in [1.807, 2.05) is 0 Å². The maximum Gasteiger partial charge on any atom is 0.308 e. The van der Waals surface area contributed by atoms with E-state index in [1.54, 1.807) is 0 Å². The lowest BCUT2D eigenvalue weighted by molar-refractivity contribution is -0.151. The first kappa shape index (κ1) is 9.93. The Kier molecular flexibility index (Phi) is 3.03. The van der Waals surface area contributed by atoms with Crippen LogP contribution < -0.4 is 0 Å². The van der Waals surface area contributed by atoms with Gasteiger partial charge >= 0.3 is 5.97 Å². The number of ether oxygens (including phenoxy) is 2. The van der Waals surface area contributed by atoms with Gasteiger partial charge in [-0.15, -0.1) is 0 Å². The standard InChI is InChI=1S/C10H17NO3/c1-13-10(12)8-6-9(7-8)11-2-4-14-5-3-11/h8-9H,2-7H2,1H3/t8-,9-. The van der Waals surface area contributed by atoms with E-state index in [1.165, 1.54) is 7.11 Å². The minimum absolute atomic E-state index is 0.0468. The third kappa shape index (κ3) is 1.91. The minimum Gasteiger partial charge on any atom is -0.469 e. The summed E-state index contributed by atoms with van der Waals surface area (Å²) in [6, 6.07) is 0.586. The summed E-state index contributed by atoms with van der Waals surface area (Å²) in [5.41, 5.74) is 0. The maximum absolute atomic E-state index is 11.2. The van der Waals surface area contributed by atoms with Crippen LogP contribution in [0.3, 0.4) is 0 Å². The molecule has 0 spiro atoms. The lowest BCUT2D eigenvalue weighted by Crippen LogP contribution is -2.51. The number of hydrogen-bond acceptors (Lipinski definition) is 4. The second kappa shape index (κ2) is 4.28. The number of nitrogens with zero attached hydrogens (tertiary/aromatic N) is 1. The molecule has 1 aliphatic carbocycles. The topological polar surface area (TPSA) is 38.8 Å². The Hall–Kier alpha value is -0.610. The highest BCUT2D eigenvalue weighted by atomic mass is 16.5. The van der Waals surface area contributed by atoms with Crippen molar-refractivity contribution < 1.29 is 14.3 Å². The molecule has 80 valence electrons. The van der Waals surface area contributed by atoms with Gasteiger partial charge in [0.1, 0.15) is 0 Å². The third-order valence-corrected chi connectivity index (χ3v) is 3.21. The number of hydrogen-bond donors (Lipinski definition) is 0. The largest absolute Gasteiger partial charge is 0.469 e.